The van der Waals surface area contributed by atoms with E-state index in [0.717, 1.165) is 25.2 Å². The highest BCUT2D eigenvalue weighted by Gasteiger charge is 2.20. The lowest BCUT2D eigenvalue weighted by molar-refractivity contribution is -0.133. The van der Waals surface area contributed by atoms with Crippen LogP contribution in [0.4, 0.5) is 0 Å². The van der Waals surface area contributed by atoms with Crippen molar-refractivity contribution in [3.05, 3.63) is 24.3 Å². The molecule has 0 radical (unpaired) electrons. The van der Waals surface area contributed by atoms with Crippen molar-refractivity contribution in [3.8, 4) is 0 Å². The van der Waals surface area contributed by atoms with Gasteiger partial charge >= 0.3 is 0 Å². The number of nitrogens with zero attached hydrogens (tertiary/aromatic N) is 4. The van der Waals surface area contributed by atoms with Crippen molar-refractivity contribution in [1.82, 2.24) is 19.8 Å². The van der Waals surface area contributed by atoms with E-state index in [4.69, 9.17) is 4.74 Å². The fourth-order valence-electron chi connectivity index (χ4n) is 2.18. The van der Waals surface area contributed by atoms with Gasteiger partial charge in [0.15, 0.2) is 0 Å². The van der Waals surface area contributed by atoms with Crippen LogP contribution in [0.5, 0.6) is 0 Å². The zero-order valence-corrected chi connectivity index (χ0v) is 12.2. The molecule has 1 aromatic rings. The van der Waals surface area contributed by atoms with E-state index in [1.165, 1.54) is 0 Å². The molecule has 0 bridgehead atoms. The van der Waals surface area contributed by atoms with Crippen molar-refractivity contribution < 1.29 is 9.53 Å². The van der Waals surface area contributed by atoms with Gasteiger partial charge < -0.3 is 9.64 Å². The third-order valence-corrected chi connectivity index (χ3v) is 3.64. The molecule has 0 saturated carbocycles. The summed E-state index contributed by atoms with van der Waals surface area (Å²) in [5.41, 5.74) is 0.908. The summed E-state index contributed by atoms with van der Waals surface area (Å²) in [7, 11) is 1.85. The van der Waals surface area contributed by atoms with Crippen molar-refractivity contribution in [2.45, 2.75) is 19.4 Å². The van der Waals surface area contributed by atoms with E-state index in [-0.39, 0.29) is 11.9 Å². The number of carbonyl (C=O) groups is 1. The second-order valence-electron chi connectivity index (χ2n) is 5.14. The maximum Gasteiger partial charge on any atom is 0.236 e. The maximum absolute atomic E-state index is 12.3. The summed E-state index contributed by atoms with van der Waals surface area (Å²) in [6.45, 7) is 5.59. The van der Waals surface area contributed by atoms with E-state index in [1.807, 2.05) is 14.0 Å². The van der Waals surface area contributed by atoms with Gasteiger partial charge in [-0.1, -0.05) is 0 Å². The molecule has 2 rings (SSSR count). The largest absolute Gasteiger partial charge is 0.379 e. The van der Waals surface area contributed by atoms with Crippen LogP contribution in [0.15, 0.2) is 18.6 Å². The zero-order chi connectivity index (χ0) is 14.4. The highest BCUT2D eigenvalue weighted by atomic mass is 16.5. The number of amides is 1. The average Bonchev–Trinajstić information content (AvgIpc) is 2.48. The van der Waals surface area contributed by atoms with E-state index in [9.17, 15) is 4.79 Å². The minimum Gasteiger partial charge on any atom is -0.379 e. The van der Waals surface area contributed by atoms with Gasteiger partial charge in [-0.15, -0.1) is 0 Å². The minimum absolute atomic E-state index is 0.111. The molecule has 2 heterocycles. The first-order valence-corrected chi connectivity index (χ1v) is 6.97. The fraction of sp³-hybridized carbons (Fsp3) is 0.643. The fourth-order valence-corrected chi connectivity index (χ4v) is 2.18. The molecule has 0 unspecified atom stereocenters. The predicted molar refractivity (Wildman–Crippen MR) is 75.2 cm³/mol. The second kappa shape index (κ2) is 7.31. The summed E-state index contributed by atoms with van der Waals surface area (Å²) in [5, 5.41) is 0. The van der Waals surface area contributed by atoms with Crippen LogP contribution in [0, 0.1) is 0 Å². The first-order valence-electron chi connectivity index (χ1n) is 6.97. The summed E-state index contributed by atoms with van der Waals surface area (Å²) in [6.07, 6.45) is 5.80. The zero-order valence-electron chi connectivity index (χ0n) is 12.2. The van der Waals surface area contributed by atoms with Gasteiger partial charge in [0.2, 0.25) is 5.91 Å². The molecule has 1 aliphatic rings. The number of aromatic nitrogens is 2. The van der Waals surface area contributed by atoms with Gasteiger partial charge in [-0.25, -0.2) is 0 Å². The Morgan fingerprint density at radius 1 is 1.45 bits per heavy atom. The molecule has 0 spiro atoms. The normalized spacial score (nSPS) is 17.7. The minimum atomic E-state index is 0.111. The molecule has 0 aliphatic carbocycles. The average molecular weight is 278 g/mol. The number of carbonyl (C=O) groups excluding carboxylic acids is 1. The molecule has 1 amide bonds. The van der Waals surface area contributed by atoms with E-state index in [0.29, 0.717) is 19.8 Å². The standard InChI is InChI=1S/C14H22N4O2/c1-12(9-13-10-15-3-4-16-13)17(2)14(19)11-18-5-7-20-8-6-18/h3-4,10,12H,5-9,11H2,1-2H3/t12-/m1/s1. The lowest BCUT2D eigenvalue weighted by Gasteiger charge is -2.30. The molecule has 1 aromatic heterocycles. The predicted octanol–water partition coefficient (Wildman–Crippen LogP) is 0.198. The van der Waals surface area contributed by atoms with Crippen LogP contribution in [0.2, 0.25) is 0 Å². The van der Waals surface area contributed by atoms with E-state index < -0.39 is 0 Å². The first kappa shape index (κ1) is 14.9. The lowest BCUT2D eigenvalue weighted by atomic mass is 10.1. The van der Waals surface area contributed by atoms with Crippen LogP contribution in [0.3, 0.4) is 0 Å². The van der Waals surface area contributed by atoms with Crippen LogP contribution in [-0.4, -0.2) is 71.6 Å². The Bertz CT molecular complexity index is 420. The number of likely N-dealkylation sites (N-methyl/N-ethyl adjacent to an activating group) is 1. The summed E-state index contributed by atoms with van der Waals surface area (Å²) in [4.78, 5) is 24.5. The SMILES string of the molecule is C[C@H](Cc1cnccn1)N(C)C(=O)CN1CCOCC1. The Balaban J connectivity index is 1.82. The maximum atomic E-state index is 12.3. The summed E-state index contributed by atoms with van der Waals surface area (Å²) in [5.74, 6) is 0.142. The van der Waals surface area contributed by atoms with E-state index in [1.54, 1.807) is 23.5 Å². The van der Waals surface area contributed by atoms with E-state index in [2.05, 4.69) is 14.9 Å². The molecule has 1 aliphatic heterocycles. The Hall–Kier alpha value is -1.53. The van der Waals surface area contributed by atoms with Gasteiger partial charge in [-0.05, 0) is 6.92 Å². The molecule has 110 valence electrons. The van der Waals surface area contributed by atoms with E-state index >= 15 is 0 Å². The lowest BCUT2D eigenvalue weighted by Crippen LogP contribution is -2.46. The summed E-state index contributed by atoms with van der Waals surface area (Å²) >= 11 is 0. The summed E-state index contributed by atoms with van der Waals surface area (Å²) in [6, 6.07) is 0.111. The summed E-state index contributed by atoms with van der Waals surface area (Å²) < 4.78 is 5.29. The molecule has 1 atom stereocenters. The van der Waals surface area contributed by atoms with Gasteiger partial charge in [0, 0.05) is 51.2 Å². The molecule has 1 saturated heterocycles. The van der Waals surface area contributed by atoms with Gasteiger partial charge in [0.1, 0.15) is 0 Å². The molecule has 1 fully saturated rings. The Morgan fingerprint density at radius 2 is 2.20 bits per heavy atom. The van der Waals surface area contributed by atoms with Gasteiger partial charge in [0.25, 0.3) is 0 Å². The highest BCUT2D eigenvalue weighted by molar-refractivity contribution is 5.78. The molecule has 6 heteroatoms. The van der Waals surface area contributed by atoms with Crippen LogP contribution in [0.25, 0.3) is 0 Å². The van der Waals surface area contributed by atoms with Crippen LogP contribution < -0.4 is 0 Å². The quantitative estimate of drug-likeness (QED) is 0.770. The third-order valence-electron chi connectivity index (χ3n) is 3.64. The smallest absolute Gasteiger partial charge is 0.236 e. The molecule has 0 aromatic carbocycles. The number of hydrogen-bond acceptors (Lipinski definition) is 5. The first-order chi connectivity index (χ1) is 9.66. The second-order valence-corrected chi connectivity index (χ2v) is 5.14. The third kappa shape index (κ3) is 4.25. The Morgan fingerprint density at radius 3 is 2.85 bits per heavy atom. The molecule has 0 N–H and O–H groups in total. The monoisotopic (exact) mass is 278 g/mol. The number of rotatable bonds is 5. The van der Waals surface area contributed by atoms with Gasteiger partial charge in [-0.3, -0.25) is 19.7 Å². The van der Waals surface area contributed by atoms with Crippen molar-refractivity contribution in [2.24, 2.45) is 0 Å². The number of morpholine rings is 1. The van der Waals surface area contributed by atoms with Crippen molar-refractivity contribution in [3.63, 3.8) is 0 Å². The molecular formula is C14H22N4O2. The van der Waals surface area contributed by atoms with Crippen LogP contribution >= 0.6 is 0 Å². The van der Waals surface area contributed by atoms with Crippen LogP contribution in [0.1, 0.15) is 12.6 Å². The van der Waals surface area contributed by atoms with Crippen LogP contribution in [-0.2, 0) is 16.0 Å². The molecular weight excluding hydrogens is 256 g/mol. The molecule has 20 heavy (non-hydrogen) atoms. The van der Waals surface area contributed by atoms with Crippen molar-refractivity contribution in [2.75, 3.05) is 39.9 Å². The Labute approximate surface area is 119 Å². The number of hydrogen-bond donors (Lipinski definition) is 0. The topological polar surface area (TPSA) is 58.6 Å². The highest BCUT2D eigenvalue weighted by Crippen LogP contribution is 2.06. The van der Waals surface area contributed by atoms with Gasteiger partial charge in [0.05, 0.1) is 25.5 Å². The molecule has 6 nitrogen and oxygen atoms in total. The number of ether oxygens (including phenoxy) is 1. The Kier molecular flexibility index (Phi) is 5.43. The van der Waals surface area contributed by atoms with Crippen molar-refractivity contribution in [1.29, 1.82) is 0 Å². The van der Waals surface area contributed by atoms with Crippen molar-refractivity contribution >= 4 is 5.91 Å². The van der Waals surface area contributed by atoms with Gasteiger partial charge in [-0.2, -0.15) is 0 Å².